The van der Waals surface area contributed by atoms with Gasteiger partial charge in [0.25, 0.3) is 0 Å². The van der Waals surface area contributed by atoms with Crippen molar-refractivity contribution in [3.05, 3.63) is 57.3 Å². The highest BCUT2D eigenvalue weighted by Gasteiger charge is 2.20. The van der Waals surface area contributed by atoms with Crippen molar-refractivity contribution < 1.29 is 0 Å². The lowest BCUT2D eigenvalue weighted by atomic mass is 10.5. The second-order valence-corrected chi connectivity index (χ2v) is 5.87. The summed E-state index contributed by atoms with van der Waals surface area (Å²) in [6.07, 6.45) is 14.5. The Balaban J connectivity index is 2.20. The lowest BCUT2D eigenvalue weighted by molar-refractivity contribution is 1.31. The molecular formula is C10H11N3Si. The monoisotopic (exact) mass is 201 g/mol. The fourth-order valence-electron chi connectivity index (χ4n) is 1.77. The van der Waals surface area contributed by atoms with Gasteiger partial charge in [0.05, 0.1) is 0 Å². The molecule has 0 saturated heterocycles. The standard InChI is InChI=1S/C10H11N3Si/c11-12-13-14(9-5-1-2-6-9)10-7-3-4-8-10/h1-5,7,14H,6,8H2. The lowest BCUT2D eigenvalue weighted by Crippen LogP contribution is -2.15. The highest BCUT2D eigenvalue weighted by Crippen LogP contribution is 2.24. The highest BCUT2D eigenvalue weighted by atomic mass is 28.3. The van der Waals surface area contributed by atoms with Gasteiger partial charge < -0.3 is 0 Å². The van der Waals surface area contributed by atoms with Crippen molar-refractivity contribution in [2.45, 2.75) is 12.8 Å². The molecule has 0 atom stereocenters. The summed E-state index contributed by atoms with van der Waals surface area (Å²) in [5, 5.41) is 2.66. The van der Waals surface area contributed by atoms with Crippen molar-refractivity contribution in [1.29, 1.82) is 0 Å². The summed E-state index contributed by atoms with van der Waals surface area (Å²) >= 11 is 0. The van der Waals surface area contributed by atoms with Gasteiger partial charge in [0.2, 0.25) is 0 Å². The van der Waals surface area contributed by atoms with E-state index in [0.29, 0.717) is 0 Å². The number of allylic oxidation sites excluding steroid dienone is 8. The molecule has 0 aliphatic heterocycles. The summed E-state index contributed by atoms with van der Waals surface area (Å²) in [4.78, 5) is 2.97. The van der Waals surface area contributed by atoms with Crippen molar-refractivity contribution in [3.63, 3.8) is 0 Å². The van der Waals surface area contributed by atoms with Crippen LogP contribution in [0.4, 0.5) is 0 Å². The Hall–Kier alpha value is -1.51. The van der Waals surface area contributed by atoms with Crippen LogP contribution in [0.2, 0.25) is 0 Å². The molecule has 14 heavy (non-hydrogen) atoms. The van der Waals surface area contributed by atoms with Gasteiger partial charge in [-0.25, -0.2) is 0 Å². The predicted octanol–water partition coefficient (Wildman–Crippen LogP) is 2.87. The molecule has 0 bridgehead atoms. The maximum Gasteiger partial charge on any atom is 0.194 e. The van der Waals surface area contributed by atoms with Crippen LogP contribution in [0.25, 0.3) is 10.4 Å². The largest absolute Gasteiger partial charge is 0.194 e. The predicted molar refractivity (Wildman–Crippen MR) is 60.0 cm³/mol. The Morgan fingerprint density at radius 3 is 2.07 bits per heavy atom. The van der Waals surface area contributed by atoms with E-state index in [1.165, 1.54) is 10.4 Å². The fraction of sp³-hybridized carbons (Fsp3) is 0.200. The summed E-state index contributed by atoms with van der Waals surface area (Å²) in [5.41, 5.74) is 8.56. The summed E-state index contributed by atoms with van der Waals surface area (Å²) in [6, 6.07) is 0. The fourth-order valence-corrected chi connectivity index (χ4v) is 3.95. The van der Waals surface area contributed by atoms with E-state index in [-0.39, 0.29) is 0 Å². The van der Waals surface area contributed by atoms with Crippen molar-refractivity contribution in [2.24, 2.45) is 4.78 Å². The topological polar surface area (TPSA) is 48.8 Å². The molecule has 2 rings (SSSR count). The minimum atomic E-state index is -1.53. The van der Waals surface area contributed by atoms with Crippen LogP contribution >= 0.6 is 0 Å². The van der Waals surface area contributed by atoms with Gasteiger partial charge in [0.1, 0.15) is 0 Å². The summed E-state index contributed by atoms with van der Waals surface area (Å²) in [6.45, 7) is 0. The average Bonchev–Trinajstić information content (AvgIpc) is 2.87. The van der Waals surface area contributed by atoms with E-state index in [2.05, 4.69) is 34.0 Å². The molecule has 2 aliphatic rings. The SMILES string of the molecule is [N-]=[N+]=N[SiH](C1=CC=CC1)C1=CC=CC1. The normalized spacial score (nSPS) is 18.4. The van der Waals surface area contributed by atoms with E-state index in [4.69, 9.17) is 5.53 Å². The van der Waals surface area contributed by atoms with Crippen molar-refractivity contribution in [1.82, 2.24) is 0 Å². The quantitative estimate of drug-likeness (QED) is 0.292. The molecular weight excluding hydrogens is 190 g/mol. The molecule has 0 unspecified atom stereocenters. The molecule has 3 nitrogen and oxygen atoms in total. The zero-order valence-corrected chi connectivity index (χ0v) is 8.95. The Labute approximate surface area is 84.4 Å². The van der Waals surface area contributed by atoms with E-state index in [9.17, 15) is 0 Å². The van der Waals surface area contributed by atoms with Crippen LogP contribution in [-0.4, -0.2) is 8.96 Å². The van der Waals surface area contributed by atoms with Crippen LogP contribution in [0, 0.1) is 0 Å². The Bertz CT molecular complexity index is 368. The second-order valence-electron chi connectivity index (χ2n) is 3.36. The molecule has 0 amide bonds. The molecule has 0 heterocycles. The molecule has 2 aliphatic carbocycles. The average molecular weight is 201 g/mol. The zero-order valence-electron chi connectivity index (χ0n) is 7.80. The first-order valence-corrected chi connectivity index (χ1v) is 6.34. The number of hydrogen-bond donors (Lipinski definition) is 0. The van der Waals surface area contributed by atoms with E-state index < -0.39 is 8.96 Å². The van der Waals surface area contributed by atoms with Crippen molar-refractivity contribution >= 4 is 8.96 Å². The highest BCUT2D eigenvalue weighted by molar-refractivity contribution is 6.72. The number of rotatable bonds is 3. The van der Waals surface area contributed by atoms with Crippen molar-refractivity contribution in [2.75, 3.05) is 0 Å². The van der Waals surface area contributed by atoms with Gasteiger partial charge in [-0.05, 0) is 23.3 Å². The molecule has 0 spiro atoms. The van der Waals surface area contributed by atoms with Gasteiger partial charge in [-0.2, -0.15) is 0 Å². The summed E-state index contributed by atoms with van der Waals surface area (Å²) in [7, 11) is -1.53. The summed E-state index contributed by atoms with van der Waals surface area (Å²) in [5.74, 6) is 0. The third-order valence-corrected chi connectivity index (χ3v) is 5.06. The van der Waals surface area contributed by atoms with Gasteiger partial charge in [0.15, 0.2) is 8.96 Å². The third kappa shape index (κ3) is 1.71. The van der Waals surface area contributed by atoms with E-state index >= 15 is 0 Å². The van der Waals surface area contributed by atoms with E-state index in [1.54, 1.807) is 0 Å². The van der Waals surface area contributed by atoms with E-state index in [1.807, 2.05) is 12.2 Å². The molecule has 0 aromatic rings. The molecule has 0 N–H and O–H groups in total. The van der Waals surface area contributed by atoms with Crippen LogP contribution in [0.1, 0.15) is 12.8 Å². The second kappa shape index (κ2) is 4.13. The van der Waals surface area contributed by atoms with Crippen LogP contribution in [-0.2, 0) is 0 Å². The van der Waals surface area contributed by atoms with Crippen LogP contribution in [0.5, 0.6) is 0 Å². The van der Waals surface area contributed by atoms with Gasteiger partial charge in [-0.1, -0.05) is 46.8 Å². The Kier molecular flexibility index (Phi) is 2.67. The zero-order chi connectivity index (χ0) is 9.80. The first-order valence-electron chi connectivity index (χ1n) is 4.67. The van der Waals surface area contributed by atoms with E-state index in [0.717, 1.165) is 12.8 Å². The van der Waals surface area contributed by atoms with Crippen molar-refractivity contribution in [3.8, 4) is 0 Å². The Morgan fingerprint density at radius 1 is 1.14 bits per heavy atom. The number of nitrogens with zero attached hydrogens (tertiary/aromatic N) is 3. The van der Waals surface area contributed by atoms with Gasteiger partial charge in [0, 0.05) is 0 Å². The van der Waals surface area contributed by atoms with Gasteiger partial charge in [-0.15, -0.1) is 4.78 Å². The maximum absolute atomic E-state index is 8.56. The maximum atomic E-state index is 8.56. The van der Waals surface area contributed by atoms with Crippen LogP contribution in [0.3, 0.4) is 0 Å². The molecule has 0 fully saturated rings. The molecule has 0 radical (unpaired) electrons. The minimum absolute atomic E-state index is 0.966. The molecule has 70 valence electrons. The molecule has 0 aromatic heterocycles. The first-order chi connectivity index (χ1) is 6.92. The molecule has 4 heteroatoms. The smallest absolute Gasteiger partial charge is 0.117 e. The molecule has 0 aromatic carbocycles. The van der Waals surface area contributed by atoms with Gasteiger partial charge in [-0.3, -0.25) is 0 Å². The number of hydrogen-bond acceptors (Lipinski definition) is 1. The minimum Gasteiger partial charge on any atom is -0.117 e. The van der Waals surface area contributed by atoms with Crippen LogP contribution in [0.15, 0.2) is 51.6 Å². The number of azide groups is 1. The first kappa shape index (κ1) is 9.06. The molecule has 0 saturated carbocycles. The third-order valence-electron chi connectivity index (χ3n) is 2.47. The van der Waals surface area contributed by atoms with Crippen LogP contribution < -0.4 is 0 Å². The van der Waals surface area contributed by atoms with Gasteiger partial charge >= 0.3 is 0 Å². The summed E-state index contributed by atoms with van der Waals surface area (Å²) < 4.78 is 3.99. The Morgan fingerprint density at radius 2 is 1.71 bits per heavy atom. The lowest BCUT2D eigenvalue weighted by Gasteiger charge is -2.11.